The monoisotopic (exact) mass is 342 g/mol. The Bertz CT molecular complexity index is 654. The largest absolute Gasteiger partial charge is 0.497 e. The number of hydrogen-bond donors (Lipinski definition) is 2. The van der Waals surface area contributed by atoms with Gasteiger partial charge in [0, 0.05) is 25.5 Å². The van der Waals surface area contributed by atoms with Crippen molar-refractivity contribution < 1.29 is 9.53 Å². The summed E-state index contributed by atoms with van der Waals surface area (Å²) in [6.07, 6.45) is 4.91. The lowest BCUT2D eigenvalue weighted by Gasteiger charge is -2.08. The van der Waals surface area contributed by atoms with Crippen LogP contribution in [0.15, 0.2) is 36.7 Å². The van der Waals surface area contributed by atoms with E-state index < -0.39 is 0 Å². The summed E-state index contributed by atoms with van der Waals surface area (Å²) >= 11 is 0. The van der Waals surface area contributed by atoms with Gasteiger partial charge >= 0.3 is 0 Å². The molecule has 0 fully saturated rings. The summed E-state index contributed by atoms with van der Waals surface area (Å²) in [7, 11) is 1.65. The first-order valence-electron chi connectivity index (χ1n) is 8.55. The van der Waals surface area contributed by atoms with E-state index in [0.29, 0.717) is 30.5 Å². The Morgan fingerprint density at radius 3 is 2.40 bits per heavy atom. The van der Waals surface area contributed by atoms with Crippen LogP contribution in [0.25, 0.3) is 0 Å². The first-order chi connectivity index (χ1) is 12.1. The lowest BCUT2D eigenvalue weighted by molar-refractivity contribution is 0.0951. The van der Waals surface area contributed by atoms with Gasteiger partial charge in [-0.1, -0.05) is 26.0 Å². The van der Waals surface area contributed by atoms with E-state index in [1.807, 2.05) is 24.3 Å². The molecule has 1 amide bonds. The summed E-state index contributed by atoms with van der Waals surface area (Å²) < 4.78 is 5.14. The molecule has 0 aliphatic carbocycles. The van der Waals surface area contributed by atoms with Crippen LogP contribution in [0.5, 0.6) is 5.75 Å². The smallest absolute Gasteiger partial charge is 0.254 e. The second-order valence-electron chi connectivity index (χ2n) is 6.26. The lowest BCUT2D eigenvalue weighted by atomic mass is 10.1. The van der Waals surface area contributed by atoms with Crippen molar-refractivity contribution in [3.63, 3.8) is 0 Å². The van der Waals surface area contributed by atoms with Gasteiger partial charge in [-0.25, -0.2) is 9.97 Å². The minimum absolute atomic E-state index is 0.134. The Hall–Kier alpha value is -2.63. The molecule has 134 valence electrons. The van der Waals surface area contributed by atoms with Crippen molar-refractivity contribution in [2.75, 3.05) is 25.5 Å². The van der Waals surface area contributed by atoms with Gasteiger partial charge in [0.1, 0.15) is 5.75 Å². The van der Waals surface area contributed by atoms with Crippen LogP contribution in [0, 0.1) is 5.92 Å². The van der Waals surface area contributed by atoms with Gasteiger partial charge in [-0.05, 0) is 36.5 Å². The SMILES string of the molecule is COc1ccc(CCNc2ncc(C(=O)NCCC(C)C)cn2)cc1. The Morgan fingerprint density at radius 1 is 1.12 bits per heavy atom. The topological polar surface area (TPSA) is 76.1 Å². The molecule has 6 nitrogen and oxygen atoms in total. The zero-order valence-electron chi connectivity index (χ0n) is 15.1. The van der Waals surface area contributed by atoms with Crippen molar-refractivity contribution in [3.05, 3.63) is 47.8 Å². The summed E-state index contributed by atoms with van der Waals surface area (Å²) in [5, 5.41) is 6.03. The molecule has 0 spiro atoms. The maximum atomic E-state index is 12.0. The fraction of sp³-hybridized carbons (Fsp3) is 0.421. The Balaban J connectivity index is 1.76. The molecule has 0 saturated carbocycles. The maximum absolute atomic E-state index is 12.0. The quantitative estimate of drug-likeness (QED) is 0.733. The third-order valence-electron chi connectivity index (χ3n) is 3.78. The van der Waals surface area contributed by atoms with Gasteiger partial charge in [0.25, 0.3) is 5.91 Å². The van der Waals surface area contributed by atoms with Crippen LogP contribution in [-0.4, -0.2) is 36.1 Å². The van der Waals surface area contributed by atoms with E-state index in [1.54, 1.807) is 19.5 Å². The molecule has 0 radical (unpaired) electrons. The molecule has 0 unspecified atom stereocenters. The zero-order valence-corrected chi connectivity index (χ0v) is 15.1. The lowest BCUT2D eigenvalue weighted by Crippen LogP contribution is -2.25. The number of anilines is 1. The van der Waals surface area contributed by atoms with E-state index in [-0.39, 0.29) is 5.91 Å². The van der Waals surface area contributed by atoms with Crippen molar-refractivity contribution in [1.29, 1.82) is 0 Å². The van der Waals surface area contributed by atoms with E-state index in [2.05, 4.69) is 34.4 Å². The number of nitrogens with zero attached hydrogens (tertiary/aromatic N) is 2. The maximum Gasteiger partial charge on any atom is 0.254 e. The number of ether oxygens (including phenoxy) is 1. The third-order valence-corrected chi connectivity index (χ3v) is 3.78. The molecule has 6 heteroatoms. The van der Waals surface area contributed by atoms with Crippen molar-refractivity contribution in [1.82, 2.24) is 15.3 Å². The van der Waals surface area contributed by atoms with Crippen molar-refractivity contribution in [2.24, 2.45) is 5.92 Å². The average molecular weight is 342 g/mol. The normalized spacial score (nSPS) is 10.6. The fourth-order valence-corrected chi connectivity index (χ4v) is 2.22. The summed E-state index contributed by atoms with van der Waals surface area (Å²) in [6, 6.07) is 7.95. The molecule has 0 saturated heterocycles. The predicted molar refractivity (Wildman–Crippen MR) is 99.0 cm³/mol. The number of amides is 1. The Morgan fingerprint density at radius 2 is 1.80 bits per heavy atom. The van der Waals surface area contributed by atoms with Crippen LogP contribution in [-0.2, 0) is 6.42 Å². The second-order valence-corrected chi connectivity index (χ2v) is 6.26. The molecule has 0 atom stereocenters. The number of carbonyl (C=O) groups is 1. The van der Waals surface area contributed by atoms with Gasteiger partial charge in [0.05, 0.1) is 12.7 Å². The van der Waals surface area contributed by atoms with Gasteiger partial charge < -0.3 is 15.4 Å². The minimum atomic E-state index is -0.134. The second kappa shape index (κ2) is 9.61. The van der Waals surface area contributed by atoms with E-state index in [4.69, 9.17) is 4.74 Å². The number of aromatic nitrogens is 2. The molecule has 25 heavy (non-hydrogen) atoms. The highest BCUT2D eigenvalue weighted by molar-refractivity contribution is 5.93. The number of benzene rings is 1. The molecule has 2 aromatic rings. The van der Waals surface area contributed by atoms with Crippen LogP contribution in [0.3, 0.4) is 0 Å². The van der Waals surface area contributed by atoms with Crippen molar-refractivity contribution in [2.45, 2.75) is 26.7 Å². The fourth-order valence-electron chi connectivity index (χ4n) is 2.22. The molecule has 0 aliphatic rings. The van der Waals surface area contributed by atoms with Crippen LogP contribution < -0.4 is 15.4 Å². The Labute approximate surface area is 149 Å². The average Bonchev–Trinajstić information content (AvgIpc) is 2.62. The summed E-state index contributed by atoms with van der Waals surface area (Å²) in [6.45, 7) is 5.63. The minimum Gasteiger partial charge on any atom is -0.497 e. The molecule has 2 rings (SSSR count). The van der Waals surface area contributed by atoms with Gasteiger partial charge in [0.2, 0.25) is 5.95 Å². The molecular weight excluding hydrogens is 316 g/mol. The standard InChI is InChI=1S/C19H26N4O2/c1-14(2)8-10-20-18(24)16-12-22-19(23-13-16)21-11-9-15-4-6-17(25-3)7-5-15/h4-7,12-14H,8-11H2,1-3H3,(H,20,24)(H,21,22,23). The molecule has 2 N–H and O–H groups in total. The van der Waals surface area contributed by atoms with E-state index in [9.17, 15) is 4.79 Å². The van der Waals surface area contributed by atoms with Gasteiger partial charge in [-0.2, -0.15) is 0 Å². The van der Waals surface area contributed by atoms with E-state index >= 15 is 0 Å². The van der Waals surface area contributed by atoms with Gasteiger partial charge in [0.15, 0.2) is 0 Å². The molecule has 1 aromatic carbocycles. The van der Waals surface area contributed by atoms with Crippen molar-refractivity contribution in [3.8, 4) is 5.75 Å². The number of nitrogens with one attached hydrogen (secondary N) is 2. The molecule has 1 aromatic heterocycles. The van der Waals surface area contributed by atoms with Crippen LogP contribution in [0.2, 0.25) is 0 Å². The van der Waals surface area contributed by atoms with Crippen LogP contribution in [0.1, 0.15) is 36.2 Å². The third kappa shape index (κ3) is 6.41. The first-order valence-corrected chi connectivity index (χ1v) is 8.55. The summed E-state index contributed by atoms with van der Waals surface area (Å²) in [5.41, 5.74) is 1.68. The summed E-state index contributed by atoms with van der Waals surface area (Å²) in [5.74, 6) is 1.80. The Kier molecular flexibility index (Phi) is 7.19. The highest BCUT2D eigenvalue weighted by atomic mass is 16.5. The highest BCUT2D eigenvalue weighted by Gasteiger charge is 2.07. The number of rotatable bonds is 9. The number of hydrogen-bond acceptors (Lipinski definition) is 5. The van der Waals surface area contributed by atoms with E-state index in [1.165, 1.54) is 5.56 Å². The molecule has 0 aliphatic heterocycles. The number of carbonyl (C=O) groups excluding carboxylic acids is 1. The summed E-state index contributed by atoms with van der Waals surface area (Å²) in [4.78, 5) is 20.4. The molecular formula is C19H26N4O2. The van der Waals surface area contributed by atoms with Gasteiger partial charge in [-0.15, -0.1) is 0 Å². The highest BCUT2D eigenvalue weighted by Crippen LogP contribution is 2.11. The zero-order chi connectivity index (χ0) is 18.1. The van der Waals surface area contributed by atoms with Crippen LogP contribution >= 0.6 is 0 Å². The van der Waals surface area contributed by atoms with Crippen molar-refractivity contribution >= 4 is 11.9 Å². The number of methoxy groups -OCH3 is 1. The van der Waals surface area contributed by atoms with E-state index in [0.717, 1.165) is 18.6 Å². The van der Waals surface area contributed by atoms with Gasteiger partial charge in [-0.3, -0.25) is 4.79 Å². The predicted octanol–water partition coefficient (Wildman–Crippen LogP) is 2.92. The van der Waals surface area contributed by atoms with Crippen LogP contribution in [0.4, 0.5) is 5.95 Å². The molecule has 1 heterocycles. The first kappa shape index (κ1) is 18.7. The molecule has 0 bridgehead atoms.